The van der Waals surface area contributed by atoms with Gasteiger partial charge in [-0.3, -0.25) is 0 Å². The molecule has 226 valence electrons. The molecule has 0 radical (unpaired) electrons. The first-order valence-corrected chi connectivity index (χ1v) is 20.3. The lowest BCUT2D eigenvalue weighted by atomic mass is 10.1. The van der Waals surface area contributed by atoms with Crippen molar-refractivity contribution < 1.29 is 0 Å². The minimum Gasteiger partial charge on any atom is -0.134 e. The fourth-order valence-corrected chi connectivity index (χ4v) is 12.0. The van der Waals surface area contributed by atoms with Gasteiger partial charge in [0.2, 0.25) is 0 Å². The Morgan fingerprint density at radius 3 is 0.674 bits per heavy atom. The second-order valence-corrected chi connectivity index (χ2v) is 17.6. The molecule has 0 aliphatic rings. The number of hydrogen-bond donors (Lipinski definition) is 0. The number of thiophene rings is 6. The highest BCUT2D eigenvalue weighted by Gasteiger charge is 2.14. The Labute approximate surface area is 294 Å². The Morgan fingerprint density at radius 2 is 0.457 bits per heavy atom. The second kappa shape index (κ2) is 13.0. The summed E-state index contributed by atoms with van der Waals surface area (Å²) in [7, 11) is 0. The van der Waals surface area contributed by atoms with Crippen LogP contribution in [-0.2, 0) is 12.8 Å². The maximum atomic E-state index is 2.29. The molecule has 8 rings (SSSR count). The summed E-state index contributed by atoms with van der Waals surface area (Å²) in [5, 5.41) is 0. The number of aryl methyl sites for hydroxylation is 2. The van der Waals surface area contributed by atoms with Crippen LogP contribution in [0.25, 0.3) is 69.7 Å². The predicted octanol–water partition coefficient (Wildman–Crippen LogP) is 14.8. The average Bonchev–Trinajstić information content (AvgIpc) is 3.95. The quantitative estimate of drug-likeness (QED) is 0.140. The first-order chi connectivity index (χ1) is 22.6. The van der Waals surface area contributed by atoms with E-state index in [2.05, 4.69) is 135 Å². The molecule has 0 saturated heterocycles. The van der Waals surface area contributed by atoms with E-state index in [9.17, 15) is 0 Å². The SMILES string of the molecule is CCc1ccc(-c2ccc(-c3ccc(-c4ccc(-c5ccc(-c6ccc(-c7ccc(-c8ccc(CC)cc8)s7)s6)s5)s4)s3)s2)cc1. The number of rotatable bonds is 9. The highest BCUT2D eigenvalue weighted by Crippen LogP contribution is 2.46. The van der Waals surface area contributed by atoms with E-state index in [1.165, 1.54) is 80.8 Å². The molecule has 0 bridgehead atoms. The minimum absolute atomic E-state index is 1.08. The Kier molecular flexibility index (Phi) is 8.50. The van der Waals surface area contributed by atoms with Crippen LogP contribution in [0.4, 0.5) is 0 Å². The molecule has 0 nitrogen and oxygen atoms in total. The molecule has 6 heteroatoms. The third kappa shape index (κ3) is 6.06. The van der Waals surface area contributed by atoms with Gasteiger partial charge >= 0.3 is 0 Å². The maximum Gasteiger partial charge on any atom is 0.0449 e. The van der Waals surface area contributed by atoms with E-state index >= 15 is 0 Å². The molecule has 6 aromatic heterocycles. The first-order valence-electron chi connectivity index (χ1n) is 15.4. The van der Waals surface area contributed by atoms with E-state index in [-0.39, 0.29) is 0 Å². The molecule has 0 aliphatic carbocycles. The molecule has 0 fully saturated rings. The molecule has 46 heavy (non-hydrogen) atoms. The largest absolute Gasteiger partial charge is 0.134 e. The van der Waals surface area contributed by atoms with E-state index in [0.717, 1.165) is 12.8 Å². The van der Waals surface area contributed by atoms with Crippen LogP contribution in [0.3, 0.4) is 0 Å². The van der Waals surface area contributed by atoms with Gasteiger partial charge in [0.15, 0.2) is 0 Å². The van der Waals surface area contributed by atoms with Gasteiger partial charge in [-0.25, -0.2) is 0 Å². The van der Waals surface area contributed by atoms with Crippen LogP contribution in [0.5, 0.6) is 0 Å². The highest BCUT2D eigenvalue weighted by molar-refractivity contribution is 7.30. The van der Waals surface area contributed by atoms with Gasteiger partial charge in [0.25, 0.3) is 0 Å². The third-order valence-electron chi connectivity index (χ3n) is 8.14. The normalized spacial score (nSPS) is 11.4. The van der Waals surface area contributed by atoms with Crippen molar-refractivity contribution in [3.05, 3.63) is 132 Å². The van der Waals surface area contributed by atoms with Gasteiger partial charge in [-0.1, -0.05) is 62.4 Å². The molecule has 8 aromatic rings. The molecule has 6 heterocycles. The molecule has 0 atom stereocenters. The highest BCUT2D eigenvalue weighted by atomic mass is 32.1. The molecular formula is C40H30S6. The van der Waals surface area contributed by atoms with Gasteiger partial charge < -0.3 is 0 Å². The predicted molar refractivity (Wildman–Crippen MR) is 211 cm³/mol. The Morgan fingerprint density at radius 1 is 0.261 bits per heavy atom. The number of benzene rings is 2. The summed E-state index contributed by atoms with van der Waals surface area (Å²) in [6, 6.07) is 45.4. The molecule has 0 saturated carbocycles. The average molecular weight is 703 g/mol. The van der Waals surface area contributed by atoms with Gasteiger partial charge in [-0.15, -0.1) is 68.0 Å². The van der Waals surface area contributed by atoms with Crippen LogP contribution in [0.1, 0.15) is 25.0 Å². The Bertz CT molecular complexity index is 2060. The topological polar surface area (TPSA) is 0 Å². The van der Waals surface area contributed by atoms with E-state index in [1.807, 2.05) is 68.0 Å². The van der Waals surface area contributed by atoms with Gasteiger partial charge in [0, 0.05) is 58.5 Å². The monoisotopic (exact) mass is 702 g/mol. The van der Waals surface area contributed by atoms with Crippen LogP contribution < -0.4 is 0 Å². The summed E-state index contributed by atoms with van der Waals surface area (Å²) in [6.07, 6.45) is 2.15. The molecular weight excluding hydrogens is 673 g/mol. The van der Waals surface area contributed by atoms with Crippen molar-refractivity contribution in [2.75, 3.05) is 0 Å². The lowest BCUT2D eigenvalue weighted by Gasteiger charge is -1.99. The zero-order valence-electron chi connectivity index (χ0n) is 25.4. The zero-order valence-corrected chi connectivity index (χ0v) is 30.3. The van der Waals surface area contributed by atoms with Crippen molar-refractivity contribution in [3.8, 4) is 69.7 Å². The van der Waals surface area contributed by atoms with Crippen molar-refractivity contribution in [1.82, 2.24) is 0 Å². The van der Waals surface area contributed by atoms with E-state index in [0.29, 0.717) is 0 Å². The summed E-state index contributed by atoms with van der Waals surface area (Å²) in [6.45, 7) is 4.41. The van der Waals surface area contributed by atoms with Crippen molar-refractivity contribution in [2.45, 2.75) is 26.7 Å². The first kappa shape index (κ1) is 30.0. The van der Waals surface area contributed by atoms with Crippen molar-refractivity contribution in [2.24, 2.45) is 0 Å². The molecule has 0 spiro atoms. The summed E-state index contributed by atoms with van der Waals surface area (Å²) < 4.78 is 0. The lowest BCUT2D eigenvalue weighted by Crippen LogP contribution is -1.78. The Balaban J connectivity index is 0.965. The van der Waals surface area contributed by atoms with Crippen LogP contribution in [0.2, 0.25) is 0 Å². The second-order valence-electron chi connectivity index (χ2n) is 11.1. The van der Waals surface area contributed by atoms with Crippen LogP contribution in [0, 0.1) is 0 Å². The number of hydrogen-bond acceptors (Lipinski definition) is 6. The zero-order chi connectivity index (χ0) is 31.0. The van der Waals surface area contributed by atoms with E-state index < -0.39 is 0 Å². The van der Waals surface area contributed by atoms with Crippen LogP contribution in [-0.4, -0.2) is 0 Å². The molecule has 0 N–H and O–H groups in total. The van der Waals surface area contributed by atoms with Gasteiger partial charge in [-0.2, -0.15) is 0 Å². The lowest BCUT2D eigenvalue weighted by molar-refractivity contribution is 1.14. The third-order valence-corrected chi connectivity index (χ3v) is 15.7. The molecule has 2 aromatic carbocycles. The molecule has 0 amide bonds. The van der Waals surface area contributed by atoms with Crippen molar-refractivity contribution in [3.63, 3.8) is 0 Å². The maximum absolute atomic E-state index is 2.29. The van der Waals surface area contributed by atoms with Gasteiger partial charge in [0.05, 0.1) is 0 Å². The summed E-state index contributed by atoms with van der Waals surface area (Å²) >= 11 is 11.3. The summed E-state index contributed by atoms with van der Waals surface area (Å²) in [4.78, 5) is 16.0. The summed E-state index contributed by atoms with van der Waals surface area (Å²) in [5.41, 5.74) is 5.37. The van der Waals surface area contributed by atoms with Crippen molar-refractivity contribution in [1.29, 1.82) is 0 Å². The van der Waals surface area contributed by atoms with Gasteiger partial charge in [0.1, 0.15) is 0 Å². The smallest absolute Gasteiger partial charge is 0.0449 e. The van der Waals surface area contributed by atoms with Gasteiger partial charge in [-0.05, 0) is 108 Å². The minimum atomic E-state index is 1.08. The Hall–Kier alpha value is -3.36. The van der Waals surface area contributed by atoms with E-state index in [4.69, 9.17) is 0 Å². The van der Waals surface area contributed by atoms with Crippen LogP contribution in [0.15, 0.2) is 121 Å². The fourth-order valence-electron chi connectivity index (χ4n) is 5.47. The van der Waals surface area contributed by atoms with Crippen LogP contribution >= 0.6 is 68.0 Å². The molecule has 0 aliphatic heterocycles. The van der Waals surface area contributed by atoms with Crippen molar-refractivity contribution >= 4 is 68.0 Å². The van der Waals surface area contributed by atoms with E-state index in [1.54, 1.807) is 0 Å². The fraction of sp³-hybridized carbons (Fsp3) is 0.100. The standard InChI is InChI=1S/C40H30S6/c1-3-25-5-9-27(10-6-25)29-13-15-31(41-29)33-17-19-35(43-33)37-21-23-39(45-37)40-24-22-38(46-40)36-20-18-34(44-36)32-16-14-30(42-32)28-11-7-26(4-2)8-12-28/h5-24H,3-4H2,1-2H3. The molecule has 0 unspecified atom stereocenters. The summed E-state index contributed by atoms with van der Waals surface area (Å²) in [5.74, 6) is 0.